The maximum Gasteiger partial charge on any atom is 0.416 e. The van der Waals surface area contributed by atoms with Crippen molar-refractivity contribution >= 4 is 11.6 Å². The Labute approximate surface area is 184 Å². The number of nitrogens with zero attached hydrogens (tertiary/aromatic N) is 3. The quantitative estimate of drug-likeness (QED) is 0.755. The van der Waals surface area contributed by atoms with Crippen LogP contribution in [0.25, 0.3) is 0 Å². The van der Waals surface area contributed by atoms with Crippen LogP contribution in [0.4, 0.5) is 24.8 Å². The highest BCUT2D eigenvalue weighted by Crippen LogP contribution is 2.51. The Balaban J connectivity index is 1.46. The van der Waals surface area contributed by atoms with Crippen LogP contribution in [-0.2, 0) is 24.4 Å². The molecular formula is C23H27F3N4O2. The molecule has 32 heavy (non-hydrogen) atoms. The fraction of sp³-hybridized carbons (Fsp3) is 0.565. The standard InChI is InChI=1S/C23H27F3N4O2/c24-23(25,26)16-5-3-7-18-19(16)22(14-30(18)12-13-31)8-10-29(11-9-22)21-27-17-6-2-1-4-15(17)20(32)28-21/h3,5,7,31H,1-2,4,6,8-14H2,(H,27,28,32). The number of halogens is 3. The lowest BCUT2D eigenvalue weighted by molar-refractivity contribution is -0.138. The average Bonchev–Trinajstić information content (AvgIpc) is 3.07. The van der Waals surface area contributed by atoms with Gasteiger partial charge in [-0.2, -0.15) is 13.2 Å². The number of benzene rings is 1. The summed E-state index contributed by atoms with van der Waals surface area (Å²) < 4.78 is 41.7. The van der Waals surface area contributed by atoms with Crippen LogP contribution >= 0.6 is 0 Å². The van der Waals surface area contributed by atoms with Gasteiger partial charge in [-0.3, -0.25) is 9.78 Å². The molecule has 1 fully saturated rings. The minimum atomic E-state index is -4.43. The van der Waals surface area contributed by atoms with E-state index in [2.05, 4.69) is 4.98 Å². The second kappa shape index (κ2) is 7.79. The number of hydrogen-bond donors (Lipinski definition) is 2. The highest BCUT2D eigenvalue weighted by atomic mass is 19.4. The summed E-state index contributed by atoms with van der Waals surface area (Å²) in [6, 6.07) is 4.34. The second-order valence-electron chi connectivity index (χ2n) is 9.13. The highest BCUT2D eigenvalue weighted by Gasteiger charge is 2.50. The van der Waals surface area contributed by atoms with E-state index < -0.39 is 17.2 Å². The van der Waals surface area contributed by atoms with Gasteiger partial charge in [-0.25, -0.2) is 4.98 Å². The summed E-state index contributed by atoms with van der Waals surface area (Å²) in [5.74, 6) is 0.528. The van der Waals surface area contributed by atoms with E-state index in [1.165, 1.54) is 6.07 Å². The molecule has 172 valence electrons. The molecule has 1 aromatic carbocycles. The van der Waals surface area contributed by atoms with Gasteiger partial charge in [-0.15, -0.1) is 0 Å². The number of aromatic nitrogens is 2. The second-order valence-corrected chi connectivity index (χ2v) is 9.13. The third-order valence-corrected chi connectivity index (χ3v) is 7.28. The number of aliphatic hydroxyl groups is 1. The molecule has 2 aromatic rings. The van der Waals surface area contributed by atoms with Gasteiger partial charge in [0.05, 0.1) is 17.9 Å². The number of rotatable bonds is 3. The molecule has 0 bridgehead atoms. The van der Waals surface area contributed by atoms with Crippen LogP contribution in [0.15, 0.2) is 23.0 Å². The summed E-state index contributed by atoms with van der Waals surface area (Å²) in [4.78, 5) is 24.0. The molecule has 5 rings (SSSR count). The van der Waals surface area contributed by atoms with E-state index >= 15 is 0 Å². The number of β-amino-alcohol motifs (C(OH)–C–C–N with tert-alkyl or cyclic N) is 1. The lowest BCUT2D eigenvalue weighted by Gasteiger charge is -2.41. The zero-order valence-electron chi connectivity index (χ0n) is 17.8. The zero-order chi connectivity index (χ0) is 22.5. The number of nitrogens with one attached hydrogen (secondary N) is 1. The van der Waals surface area contributed by atoms with E-state index in [0.717, 1.165) is 43.0 Å². The van der Waals surface area contributed by atoms with Gasteiger partial charge in [0.2, 0.25) is 5.95 Å². The fourth-order valence-electron chi connectivity index (χ4n) is 5.74. The van der Waals surface area contributed by atoms with Crippen molar-refractivity contribution in [2.45, 2.75) is 50.1 Å². The maximum atomic E-state index is 13.9. The summed E-state index contributed by atoms with van der Waals surface area (Å²) in [7, 11) is 0. The number of aliphatic hydroxyl groups excluding tert-OH is 1. The molecule has 1 spiro atoms. The fourth-order valence-corrected chi connectivity index (χ4v) is 5.74. The first kappa shape index (κ1) is 21.3. The molecule has 3 aliphatic rings. The molecule has 6 nitrogen and oxygen atoms in total. The van der Waals surface area contributed by atoms with Crippen LogP contribution in [0, 0.1) is 0 Å². The van der Waals surface area contributed by atoms with Gasteiger partial charge in [0.15, 0.2) is 0 Å². The molecule has 1 saturated heterocycles. The Bertz CT molecular complexity index is 1070. The lowest BCUT2D eigenvalue weighted by atomic mass is 9.72. The molecule has 0 saturated carbocycles. The van der Waals surface area contributed by atoms with Gasteiger partial charge in [0, 0.05) is 42.8 Å². The molecule has 3 heterocycles. The molecule has 0 unspecified atom stereocenters. The van der Waals surface area contributed by atoms with E-state index in [4.69, 9.17) is 4.98 Å². The van der Waals surface area contributed by atoms with Crippen LogP contribution < -0.4 is 15.4 Å². The summed E-state index contributed by atoms with van der Waals surface area (Å²) in [5.41, 5.74) is 1.24. The van der Waals surface area contributed by atoms with Gasteiger partial charge >= 0.3 is 6.18 Å². The predicted octanol–water partition coefficient (Wildman–Crippen LogP) is 3.02. The van der Waals surface area contributed by atoms with Crippen molar-refractivity contribution in [2.24, 2.45) is 0 Å². The first-order chi connectivity index (χ1) is 15.3. The van der Waals surface area contributed by atoms with Gasteiger partial charge in [0.25, 0.3) is 5.56 Å². The van der Waals surface area contributed by atoms with Crippen molar-refractivity contribution in [3.63, 3.8) is 0 Å². The summed E-state index contributed by atoms with van der Waals surface area (Å²) in [6.45, 7) is 1.68. The molecule has 1 aromatic heterocycles. The summed E-state index contributed by atoms with van der Waals surface area (Å²) >= 11 is 0. The van der Waals surface area contributed by atoms with Crippen LogP contribution in [-0.4, -0.2) is 47.9 Å². The minimum Gasteiger partial charge on any atom is -0.395 e. The van der Waals surface area contributed by atoms with Gasteiger partial charge in [0.1, 0.15) is 0 Å². The number of H-pyrrole nitrogens is 1. The first-order valence-electron chi connectivity index (χ1n) is 11.3. The van der Waals surface area contributed by atoms with E-state index in [0.29, 0.717) is 56.2 Å². The topological polar surface area (TPSA) is 72.5 Å². The molecule has 0 radical (unpaired) electrons. The number of anilines is 2. The SMILES string of the molecule is O=c1[nH]c(N2CCC3(CC2)CN(CCO)c2cccc(C(F)(F)F)c23)nc2c1CCCC2. The van der Waals surface area contributed by atoms with Crippen molar-refractivity contribution < 1.29 is 18.3 Å². The van der Waals surface area contributed by atoms with E-state index in [-0.39, 0.29) is 12.2 Å². The molecule has 2 N–H and O–H groups in total. The molecule has 1 aliphatic carbocycles. The van der Waals surface area contributed by atoms with Crippen LogP contribution in [0.5, 0.6) is 0 Å². The zero-order valence-corrected chi connectivity index (χ0v) is 17.8. The van der Waals surface area contributed by atoms with Gasteiger partial charge in [-0.05, 0) is 56.2 Å². The minimum absolute atomic E-state index is 0.0929. The van der Waals surface area contributed by atoms with Crippen LogP contribution in [0.3, 0.4) is 0 Å². The third-order valence-electron chi connectivity index (χ3n) is 7.28. The van der Waals surface area contributed by atoms with Crippen LogP contribution in [0.1, 0.15) is 48.1 Å². The normalized spacial score (nSPS) is 19.9. The Morgan fingerprint density at radius 1 is 1.16 bits per heavy atom. The van der Waals surface area contributed by atoms with E-state index in [9.17, 15) is 23.1 Å². The van der Waals surface area contributed by atoms with Gasteiger partial charge < -0.3 is 14.9 Å². The van der Waals surface area contributed by atoms with Crippen LogP contribution in [0.2, 0.25) is 0 Å². The Morgan fingerprint density at radius 3 is 2.62 bits per heavy atom. The van der Waals surface area contributed by atoms with E-state index in [1.54, 1.807) is 6.07 Å². The lowest BCUT2D eigenvalue weighted by Crippen LogP contribution is -2.47. The summed E-state index contributed by atoms with van der Waals surface area (Å²) in [5, 5.41) is 9.47. The molecule has 0 amide bonds. The molecule has 0 atom stereocenters. The smallest absolute Gasteiger partial charge is 0.395 e. The van der Waals surface area contributed by atoms with Crippen molar-refractivity contribution in [3.05, 3.63) is 50.9 Å². The van der Waals surface area contributed by atoms with Crippen molar-refractivity contribution in [1.29, 1.82) is 0 Å². The van der Waals surface area contributed by atoms with Crippen molar-refractivity contribution in [2.75, 3.05) is 42.6 Å². The highest BCUT2D eigenvalue weighted by molar-refractivity contribution is 5.66. The number of piperidine rings is 1. The largest absolute Gasteiger partial charge is 0.416 e. The van der Waals surface area contributed by atoms with E-state index in [1.807, 2.05) is 9.80 Å². The first-order valence-corrected chi connectivity index (χ1v) is 11.3. The molecule has 2 aliphatic heterocycles. The Morgan fingerprint density at radius 2 is 1.91 bits per heavy atom. The Kier molecular flexibility index (Phi) is 5.19. The van der Waals surface area contributed by atoms with Crippen molar-refractivity contribution in [1.82, 2.24) is 9.97 Å². The predicted molar refractivity (Wildman–Crippen MR) is 115 cm³/mol. The monoisotopic (exact) mass is 448 g/mol. The average molecular weight is 448 g/mol. The number of alkyl halides is 3. The number of fused-ring (bicyclic) bond motifs is 3. The van der Waals surface area contributed by atoms with Gasteiger partial charge in [-0.1, -0.05) is 6.07 Å². The number of hydrogen-bond acceptors (Lipinski definition) is 5. The summed E-state index contributed by atoms with van der Waals surface area (Å²) in [6.07, 6.45) is 0.168. The third kappa shape index (κ3) is 3.46. The number of aromatic amines is 1. The number of aryl methyl sites for hydroxylation is 1. The van der Waals surface area contributed by atoms with Crippen molar-refractivity contribution in [3.8, 4) is 0 Å². The molecule has 9 heteroatoms. The molecular weight excluding hydrogens is 421 g/mol. The maximum absolute atomic E-state index is 13.9. The Hall–Kier alpha value is -2.55.